The smallest absolute Gasteiger partial charge is 0.262 e. The van der Waals surface area contributed by atoms with Gasteiger partial charge in [-0.1, -0.05) is 0 Å². The second-order valence-corrected chi connectivity index (χ2v) is 6.43. The Balaban J connectivity index is 3.30. The Kier molecular flexibility index (Phi) is 4.31. The van der Waals surface area contributed by atoms with Crippen molar-refractivity contribution in [1.29, 1.82) is 0 Å². The minimum absolute atomic E-state index is 0.0449. The number of aliphatic hydroxyl groups excluding tert-OH is 1. The highest BCUT2D eigenvalue weighted by Gasteiger charge is 2.35. The first-order valence-electron chi connectivity index (χ1n) is 5.50. The van der Waals surface area contributed by atoms with Gasteiger partial charge in [-0.15, -0.1) is 0 Å². The molecule has 0 fully saturated rings. The number of pyridine rings is 1. The quantitative estimate of drug-likeness (QED) is 0.817. The molecule has 0 saturated heterocycles. The Labute approximate surface area is 108 Å². The molecule has 18 heavy (non-hydrogen) atoms. The van der Waals surface area contributed by atoms with E-state index in [-0.39, 0.29) is 11.6 Å². The lowest BCUT2D eigenvalue weighted by molar-refractivity contribution is 0.137. The van der Waals surface area contributed by atoms with Gasteiger partial charge in [0.2, 0.25) is 0 Å². The molecule has 0 aliphatic rings. The van der Waals surface area contributed by atoms with Crippen LogP contribution in [0.25, 0.3) is 0 Å². The van der Waals surface area contributed by atoms with Crippen LogP contribution in [0.15, 0.2) is 23.4 Å². The summed E-state index contributed by atoms with van der Waals surface area (Å²) in [5.74, 6) is 0. The second kappa shape index (κ2) is 5.21. The molecule has 0 amide bonds. The molecule has 0 aliphatic carbocycles. The summed E-state index contributed by atoms with van der Waals surface area (Å²) in [6.45, 7) is 3.02. The molecule has 7 heteroatoms. The summed E-state index contributed by atoms with van der Waals surface area (Å²) in [7, 11) is -0.689. The van der Waals surface area contributed by atoms with Crippen molar-refractivity contribution >= 4 is 15.7 Å². The van der Waals surface area contributed by atoms with Crippen LogP contribution in [0.3, 0.4) is 0 Å². The van der Waals surface area contributed by atoms with Crippen molar-refractivity contribution in [3.8, 4) is 0 Å². The van der Waals surface area contributed by atoms with E-state index in [2.05, 4.69) is 10.3 Å². The molecule has 0 aliphatic heterocycles. The van der Waals surface area contributed by atoms with Gasteiger partial charge in [0.25, 0.3) is 10.0 Å². The van der Waals surface area contributed by atoms with Gasteiger partial charge in [0.1, 0.15) is 0 Å². The van der Waals surface area contributed by atoms with E-state index in [0.29, 0.717) is 5.69 Å². The SMILES string of the molecule is CNc1cccnc1S(=O)(=O)N(C)C(C)(C)CO. The Morgan fingerprint density at radius 3 is 2.61 bits per heavy atom. The zero-order valence-electron chi connectivity index (χ0n) is 11.0. The van der Waals surface area contributed by atoms with Crippen molar-refractivity contribution < 1.29 is 13.5 Å². The van der Waals surface area contributed by atoms with Gasteiger partial charge in [-0.05, 0) is 26.0 Å². The van der Waals surface area contributed by atoms with Crippen LogP contribution in [-0.4, -0.2) is 49.1 Å². The molecule has 0 bridgehead atoms. The highest BCUT2D eigenvalue weighted by molar-refractivity contribution is 7.89. The van der Waals surface area contributed by atoms with E-state index in [1.807, 2.05) is 0 Å². The van der Waals surface area contributed by atoms with Crippen LogP contribution in [0.2, 0.25) is 0 Å². The van der Waals surface area contributed by atoms with Gasteiger partial charge in [-0.2, -0.15) is 4.31 Å². The summed E-state index contributed by atoms with van der Waals surface area (Å²) in [5, 5.41) is 12.0. The molecule has 1 aromatic rings. The summed E-state index contributed by atoms with van der Waals surface area (Å²) < 4.78 is 26.0. The fourth-order valence-corrected chi connectivity index (χ4v) is 2.95. The van der Waals surface area contributed by atoms with E-state index in [9.17, 15) is 13.5 Å². The number of anilines is 1. The van der Waals surface area contributed by atoms with E-state index < -0.39 is 15.6 Å². The molecule has 0 atom stereocenters. The monoisotopic (exact) mass is 273 g/mol. The highest BCUT2D eigenvalue weighted by Crippen LogP contribution is 2.25. The van der Waals surface area contributed by atoms with Crippen molar-refractivity contribution in [2.75, 3.05) is 26.0 Å². The molecule has 1 heterocycles. The summed E-state index contributed by atoms with van der Waals surface area (Å²) in [5.41, 5.74) is -0.459. The van der Waals surface area contributed by atoms with Gasteiger partial charge in [0.05, 0.1) is 17.8 Å². The number of hydrogen-bond donors (Lipinski definition) is 2. The number of rotatable bonds is 5. The molecular weight excluding hydrogens is 254 g/mol. The summed E-state index contributed by atoms with van der Waals surface area (Å²) in [6.07, 6.45) is 1.42. The predicted molar refractivity (Wildman–Crippen MR) is 69.9 cm³/mol. The fourth-order valence-electron chi connectivity index (χ4n) is 1.34. The van der Waals surface area contributed by atoms with Crippen LogP contribution < -0.4 is 5.32 Å². The van der Waals surface area contributed by atoms with Gasteiger partial charge in [-0.25, -0.2) is 13.4 Å². The first-order valence-corrected chi connectivity index (χ1v) is 6.94. The predicted octanol–water partition coefficient (Wildman–Crippen LogP) is 0.515. The maximum absolute atomic E-state index is 12.4. The lowest BCUT2D eigenvalue weighted by atomic mass is 10.1. The summed E-state index contributed by atoms with van der Waals surface area (Å²) in [6, 6.07) is 3.29. The van der Waals surface area contributed by atoms with Crippen molar-refractivity contribution in [3.05, 3.63) is 18.3 Å². The highest BCUT2D eigenvalue weighted by atomic mass is 32.2. The van der Waals surface area contributed by atoms with Crippen molar-refractivity contribution in [2.45, 2.75) is 24.4 Å². The van der Waals surface area contributed by atoms with Crippen LogP contribution >= 0.6 is 0 Å². The molecule has 0 unspecified atom stereocenters. The summed E-state index contributed by atoms with van der Waals surface area (Å²) in [4.78, 5) is 3.92. The van der Waals surface area contributed by atoms with Crippen molar-refractivity contribution in [1.82, 2.24) is 9.29 Å². The third-order valence-corrected chi connectivity index (χ3v) is 4.91. The fraction of sp³-hybridized carbons (Fsp3) is 0.545. The zero-order chi connectivity index (χ0) is 14.0. The van der Waals surface area contributed by atoms with E-state index in [4.69, 9.17) is 0 Å². The Hall–Kier alpha value is -1.18. The van der Waals surface area contributed by atoms with E-state index in [1.54, 1.807) is 33.0 Å². The molecule has 1 rings (SSSR count). The largest absolute Gasteiger partial charge is 0.394 e. The van der Waals surface area contributed by atoms with Crippen molar-refractivity contribution in [3.63, 3.8) is 0 Å². The van der Waals surface area contributed by atoms with Gasteiger partial charge in [-0.3, -0.25) is 0 Å². The number of sulfonamides is 1. The molecule has 0 saturated carbocycles. The average Bonchev–Trinajstić information content (AvgIpc) is 2.37. The van der Waals surface area contributed by atoms with Gasteiger partial charge >= 0.3 is 0 Å². The van der Waals surface area contributed by atoms with Crippen LogP contribution in [0.5, 0.6) is 0 Å². The first kappa shape index (κ1) is 14.9. The third kappa shape index (κ3) is 2.63. The van der Waals surface area contributed by atoms with Crippen LogP contribution in [0.1, 0.15) is 13.8 Å². The lowest BCUT2D eigenvalue weighted by Crippen LogP contribution is -2.47. The molecule has 6 nitrogen and oxygen atoms in total. The molecule has 0 radical (unpaired) electrons. The number of nitrogens with one attached hydrogen (secondary N) is 1. The molecular formula is C11H19N3O3S. The van der Waals surface area contributed by atoms with Crippen LogP contribution in [-0.2, 0) is 10.0 Å². The summed E-state index contributed by atoms with van der Waals surface area (Å²) >= 11 is 0. The van der Waals surface area contributed by atoms with E-state index >= 15 is 0 Å². The Morgan fingerprint density at radius 2 is 2.11 bits per heavy atom. The van der Waals surface area contributed by atoms with E-state index in [0.717, 1.165) is 4.31 Å². The maximum Gasteiger partial charge on any atom is 0.262 e. The average molecular weight is 273 g/mol. The van der Waals surface area contributed by atoms with Gasteiger partial charge < -0.3 is 10.4 Å². The van der Waals surface area contributed by atoms with Gasteiger partial charge in [0, 0.05) is 20.3 Å². The number of likely N-dealkylation sites (N-methyl/N-ethyl adjacent to an activating group) is 1. The lowest BCUT2D eigenvalue weighted by Gasteiger charge is -2.32. The number of hydrogen-bond acceptors (Lipinski definition) is 5. The van der Waals surface area contributed by atoms with Crippen molar-refractivity contribution in [2.24, 2.45) is 0 Å². The Morgan fingerprint density at radius 1 is 1.50 bits per heavy atom. The minimum atomic E-state index is -3.75. The molecule has 0 aromatic carbocycles. The first-order chi connectivity index (χ1) is 8.27. The minimum Gasteiger partial charge on any atom is -0.394 e. The van der Waals surface area contributed by atoms with Crippen LogP contribution in [0, 0.1) is 0 Å². The molecule has 0 spiro atoms. The Bertz CT molecular complexity index is 514. The number of aliphatic hydroxyl groups is 1. The zero-order valence-corrected chi connectivity index (χ0v) is 11.8. The molecule has 1 aromatic heterocycles. The second-order valence-electron chi connectivity index (χ2n) is 4.55. The number of aromatic nitrogens is 1. The maximum atomic E-state index is 12.4. The standard InChI is InChI=1S/C11H19N3O3S/c1-11(2,8-15)14(4)18(16,17)10-9(12-3)6-5-7-13-10/h5-7,12,15H,8H2,1-4H3. The van der Waals surface area contributed by atoms with E-state index in [1.165, 1.54) is 13.2 Å². The van der Waals surface area contributed by atoms with Gasteiger partial charge in [0.15, 0.2) is 5.03 Å². The number of nitrogens with zero attached hydrogens (tertiary/aromatic N) is 2. The normalized spacial score (nSPS) is 12.8. The molecule has 102 valence electrons. The topological polar surface area (TPSA) is 82.5 Å². The third-order valence-electron chi connectivity index (χ3n) is 2.88. The molecule has 2 N–H and O–H groups in total. The van der Waals surface area contributed by atoms with Crippen LogP contribution in [0.4, 0.5) is 5.69 Å².